The number of ketones is 1. The van der Waals surface area contributed by atoms with Gasteiger partial charge in [-0.25, -0.2) is 0 Å². The smallest absolute Gasteiger partial charge is 0.171 e. The van der Waals surface area contributed by atoms with Gasteiger partial charge in [-0.1, -0.05) is 12.1 Å². The number of aromatic nitrogens is 5. The van der Waals surface area contributed by atoms with Crippen LogP contribution < -0.4 is 0 Å². The molecular weight excluding hydrogens is 412 g/mol. The largest absolute Gasteiger partial charge is 0.306 e. The van der Waals surface area contributed by atoms with E-state index in [0.29, 0.717) is 11.6 Å². The fraction of sp³-hybridized carbons (Fsp3) is 0.385. The number of nitrogens with zero attached hydrogens (tertiary/aromatic N) is 6. The molecule has 1 aliphatic rings. The van der Waals surface area contributed by atoms with Gasteiger partial charge in [0.1, 0.15) is 0 Å². The Morgan fingerprint density at radius 2 is 1.82 bits per heavy atom. The van der Waals surface area contributed by atoms with Crippen LogP contribution in [0.2, 0.25) is 0 Å². The number of benzene rings is 1. The molecule has 33 heavy (non-hydrogen) atoms. The first kappa shape index (κ1) is 21.5. The molecule has 1 aromatic carbocycles. The van der Waals surface area contributed by atoms with Crippen LogP contribution in [-0.4, -0.2) is 55.4 Å². The highest BCUT2D eigenvalue weighted by molar-refractivity contribution is 5.97. The Hall–Kier alpha value is -3.32. The van der Waals surface area contributed by atoms with E-state index >= 15 is 0 Å². The summed E-state index contributed by atoms with van der Waals surface area (Å²) in [5.74, 6) is 0.0318. The lowest BCUT2D eigenvalue weighted by Gasteiger charge is -2.28. The van der Waals surface area contributed by atoms with Crippen LogP contribution in [-0.2, 0) is 6.42 Å². The van der Waals surface area contributed by atoms with E-state index in [1.807, 2.05) is 38.5 Å². The summed E-state index contributed by atoms with van der Waals surface area (Å²) in [5.41, 5.74) is 3.64. The minimum absolute atomic E-state index is 0.0318. The quantitative estimate of drug-likeness (QED) is 0.409. The van der Waals surface area contributed by atoms with Crippen LogP contribution >= 0.6 is 0 Å². The number of Topliss-reactive ketones (excluding diaryl/α,β-unsaturated/α-hetero) is 1. The number of piperidine rings is 1. The maximum atomic E-state index is 12.7. The van der Waals surface area contributed by atoms with Crippen LogP contribution in [0.25, 0.3) is 21.9 Å². The Balaban J connectivity index is 1.35. The molecule has 0 radical (unpaired) electrons. The van der Waals surface area contributed by atoms with Crippen molar-refractivity contribution < 1.29 is 4.79 Å². The average molecular weight is 443 g/mol. The summed E-state index contributed by atoms with van der Waals surface area (Å²) in [6.07, 6.45) is 12.0. The number of likely N-dealkylation sites (tertiary alicyclic amines) is 1. The highest BCUT2D eigenvalue weighted by Crippen LogP contribution is 2.27. The molecule has 0 unspecified atom stereocenters. The first-order valence-electron chi connectivity index (χ1n) is 11.7. The molecule has 1 aliphatic heterocycles. The number of fused-ring (bicyclic) bond motifs is 1. The standard InChI is InChI=1S/C26H30N6O/c1-18(2)31-17-23(15-28-31)26(33)12-24-11-21-10-19(4-5-20(21)13-27-24)22-14-29-32(16-22)25-6-8-30(3)9-7-25/h4-5,10-11,13-18,25H,6-9,12H2,1-3H3. The van der Waals surface area contributed by atoms with Crippen LogP contribution in [0, 0.1) is 0 Å². The monoisotopic (exact) mass is 442 g/mol. The lowest BCUT2D eigenvalue weighted by Crippen LogP contribution is -2.31. The molecule has 0 bridgehead atoms. The normalized spacial score (nSPS) is 15.5. The molecule has 4 heterocycles. The molecular formula is C26H30N6O. The Bertz CT molecular complexity index is 1280. The van der Waals surface area contributed by atoms with Crippen molar-refractivity contribution in [2.75, 3.05) is 20.1 Å². The summed E-state index contributed by atoms with van der Waals surface area (Å²) in [6, 6.07) is 9.08. The van der Waals surface area contributed by atoms with Gasteiger partial charge in [-0.15, -0.1) is 0 Å². The van der Waals surface area contributed by atoms with Crippen LogP contribution in [0.4, 0.5) is 0 Å². The summed E-state index contributed by atoms with van der Waals surface area (Å²) >= 11 is 0. The van der Waals surface area contributed by atoms with Gasteiger partial charge in [0.15, 0.2) is 5.78 Å². The topological polar surface area (TPSA) is 68.8 Å². The van der Waals surface area contributed by atoms with Crippen molar-refractivity contribution in [2.45, 2.75) is 45.2 Å². The Kier molecular flexibility index (Phi) is 5.81. The lowest BCUT2D eigenvalue weighted by molar-refractivity contribution is 0.0992. The zero-order valence-corrected chi connectivity index (χ0v) is 19.5. The second-order valence-electron chi connectivity index (χ2n) is 9.38. The Labute approximate surface area is 194 Å². The Morgan fingerprint density at radius 3 is 2.58 bits per heavy atom. The first-order chi connectivity index (χ1) is 16.0. The van der Waals surface area contributed by atoms with E-state index in [1.54, 1.807) is 10.9 Å². The van der Waals surface area contributed by atoms with Crippen molar-refractivity contribution in [3.05, 3.63) is 66.5 Å². The van der Waals surface area contributed by atoms with Crippen LogP contribution in [0.5, 0.6) is 0 Å². The van der Waals surface area contributed by atoms with Crippen LogP contribution in [0.15, 0.2) is 55.2 Å². The SMILES string of the molecule is CC(C)n1cc(C(=O)Cc2cc3cc(-c4cnn(C5CCN(C)CC5)c4)ccc3cn2)cn1. The van der Waals surface area contributed by atoms with E-state index in [0.717, 1.165) is 53.5 Å². The predicted octanol–water partition coefficient (Wildman–Crippen LogP) is 4.57. The number of hydrogen-bond acceptors (Lipinski definition) is 5. The molecule has 3 aromatic heterocycles. The van der Waals surface area contributed by atoms with Gasteiger partial charge >= 0.3 is 0 Å². The molecule has 4 aromatic rings. The number of hydrogen-bond donors (Lipinski definition) is 0. The van der Waals surface area contributed by atoms with Gasteiger partial charge in [-0.3, -0.25) is 19.1 Å². The molecule has 0 atom stereocenters. The molecule has 5 rings (SSSR count). The Morgan fingerprint density at radius 1 is 1.00 bits per heavy atom. The summed E-state index contributed by atoms with van der Waals surface area (Å²) in [4.78, 5) is 19.6. The highest BCUT2D eigenvalue weighted by Gasteiger charge is 2.19. The molecule has 7 heteroatoms. The number of rotatable bonds is 6. The van der Waals surface area contributed by atoms with E-state index in [-0.39, 0.29) is 18.2 Å². The van der Waals surface area contributed by atoms with Crippen molar-refractivity contribution in [1.82, 2.24) is 29.4 Å². The summed E-state index contributed by atoms with van der Waals surface area (Å²) in [7, 11) is 2.18. The summed E-state index contributed by atoms with van der Waals surface area (Å²) in [6.45, 7) is 6.31. The van der Waals surface area contributed by atoms with Gasteiger partial charge in [0.2, 0.25) is 0 Å². The van der Waals surface area contributed by atoms with Crippen LogP contribution in [0.1, 0.15) is 54.8 Å². The minimum atomic E-state index is 0.0318. The molecule has 0 spiro atoms. The van der Waals surface area contributed by atoms with Gasteiger partial charge < -0.3 is 4.90 Å². The average Bonchev–Trinajstić information content (AvgIpc) is 3.50. The van der Waals surface area contributed by atoms with E-state index in [1.165, 1.54) is 0 Å². The number of carbonyl (C=O) groups excluding carboxylic acids is 1. The third kappa shape index (κ3) is 4.59. The van der Waals surface area contributed by atoms with Crippen LogP contribution in [0.3, 0.4) is 0 Å². The maximum Gasteiger partial charge on any atom is 0.171 e. The zero-order chi connectivity index (χ0) is 22.9. The van der Waals surface area contributed by atoms with E-state index in [4.69, 9.17) is 0 Å². The summed E-state index contributed by atoms with van der Waals surface area (Å²) < 4.78 is 3.93. The molecule has 0 N–H and O–H groups in total. The number of pyridine rings is 1. The molecule has 0 aliphatic carbocycles. The summed E-state index contributed by atoms with van der Waals surface area (Å²) in [5, 5.41) is 11.1. The lowest BCUT2D eigenvalue weighted by atomic mass is 10.0. The first-order valence-corrected chi connectivity index (χ1v) is 11.7. The maximum absolute atomic E-state index is 12.7. The van der Waals surface area contributed by atoms with Gasteiger partial charge in [0, 0.05) is 41.3 Å². The highest BCUT2D eigenvalue weighted by atomic mass is 16.1. The fourth-order valence-corrected chi connectivity index (χ4v) is 4.44. The van der Waals surface area contributed by atoms with Crippen molar-refractivity contribution in [1.29, 1.82) is 0 Å². The van der Waals surface area contributed by atoms with E-state index in [9.17, 15) is 4.79 Å². The van der Waals surface area contributed by atoms with Crippen molar-refractivity contribution in [3.8, 4) is 11.1 Å². The molecule has 0 saturated carbocycles. The third-order valence-corrected chi connectivity index (χ3v) is 6.57. The van der Waals surface area contributed by atoms with Gasteiger partial charge in [-0.2, -0.15) is 10.2 Å². The van der Waals surface area contributed by atoms with Crippen molar-refractivity contribution in [3.63, 3.8) is 0 Å². The van der Waals surface area contributed by atoms with E-state index in [2.05, 4.69) is 56.2 Å². The van der Waals surface area contributed by atoms with Gasteiger partial charge in [0.25, 0.3) is 0 Å². The van der Waals surface area contributed by atoms with Gasteiger partial charge in [0.05, 0.1) is 30.4 Å². The molecule has 0 amide bonds. The zero-order valence-electron chi connectivity index (χ0n) is 19.5. The second-order valence-corrected chi connectivity index (χ2v) is 9.38. The molecule has 1 fully saturated rings. The second kappa shape index (κ2) is 8.90. The molecule has 7 nitrogen and oxygen atoms in total. The minimum Gasteiger partial charge on any atom is -0.306 e. The molecule has 1 saturated heterocycles. The third-order valence-electron chi connectivity index (χ3n) is 6.57. The van der Waals surface area contributed by atoms with Crippen molar-refractivity contribution >= 4 is 16.6 Å². The number of carbonyl (C=O) groups is 1. The fourth-order valence-electron chi connectivity index (χ4n) is 4.44. The molecule has 170 valence electrons. The van der Waals surface area contributed by atoms with E-state index < -0.39 is 0 Å². The van der Waals surface area contributed by atoms with Gasteiger partial charge in [-0.05, 0) is 69.9 Å². The van der Waals surface area contributed by atoms with Crippen molar-refractivity contribution in [2.24, 2.45) is 0 Å². The predicted molar refractivity (Wildman–Crippen MR) is 129 cm³/mol.